The molecule has 3 N–H and O–H groups in total. The molecule has 0 aliphatic carbocycles. The zero-order chi connectivity index (χ0) is 19.6. The third-order valence-corrected chi connectivity index (χ3v) is 9.16. The van der Waals surface area contributed by atoms with Gasteiger partial charge in [0.1, 0.15) is 4.21 Å². The summed E-state index contributed by atoms with van der Waals surface area (Å²) in [4.78, 5) is 0.609. The SMILES string of the molecule is CS(=O)(=O)NCCS(=O)(=O)c1ccc(S(=O)(=O)c2ccc(CN)s2)cc1.Cl. The summed E-state index contributed by atoms with van der Waals surface area (Å²) in [5, 5.41) is 0. The van der Waals surface area contributed by atoms with Crippen LogP contribution in [0.5, 0.6) is 0 Å². The van der Waals surface area contributed by atoms with Crippen LogP contribution in [0.25, 0.3) is 0 Å². The second-order valence-corrected chi connectivity index (χ2v) is 12.7. The number of hydrogen-bond acceptors (Lipinski definition) is 8. The van der Waals surface area contributed by atoms with Gasteiger partial charge in [0.2, 0.25) is 19.9 Å². The van der Waals surface area contributed by atoms with E-state index in [9.17, 15) is 25.3 Å². The molecule has 0 saturated carbocycles. The maximum absolute atomic E-state index is 12.5. The molecule has 0 radical (unpaired) electrons. The summed E-state index contributed by atoms with van der Waals surface area (Å²) in [6, 6.07) is 7.91. The summed E-state index contributed by atoms with van der Waals surface area (Å²) >= 11 is 1.06. The Bertz CT molecular complexity index is 1090. The highest BCUT2D eigenvalue weighted by atomic mass is 35.5. The Balaban J connectivity index is 0.00000364. The number of rotatable bonds is 8. The molecule has 27 heavy (non-hydrogen) atoms. The molecule has 0 bridgehead atoms. The Hall–Kier alpha value is -1.02. The normalized spacial score (nSPS) is 12.5. The number of sulfonamides is 1. The standard InChI is InChI=1S/C14H18N2O6S4.ClH/c1-24(17,18)16-8-9-25(19,20)12-3-5-13(6-4-12)26(21,22)14-7-2-11(10-15)23-14;/h2-7,16H,8-10,15H2,1H3;1H. The zero-order valence-electron chi connectivity index (χ0n) is 14.2. The molecular formula is C14H19ClN2O6S4. The van der Waals surface area contributed by atoms with Gasteiger partial charge in [-0.15, -0.1) is 23.7 Å². The van der Waals surface area contributed by atoms with Gasteiger partial charge in [-0.25, -0.2) is 30.0 Å². The van der Waals surface area contributed by atoms with Crippen LogP contribution in [0.3, 0.4) is 0 Å². The van der Waals surface area contributed by atoms with Crippen molar-refractivity contribution in [3.8, 4) is 0 Å². The molecule has 0 spiro atoms. The first kappa shape index (κ1) is 24.0. The molecule has 0 amide bonds. The summed E-state index contributed by atoms with van der Waals surface area (Å²) in [7, 11) is -11.0. The molecule has 0 aliphatic heterocycles. The average molecular weight is 475 g/mol. The van der Waals surface area contributed by atoms with Gasteiger partial charge >= 0.3 is 0 Å². The second-order valence-electron chi connectivity index (χ2n) is 5.39. The fourth-order valence-electron chi connectivity index (χ4n) is 2.03. The van der Waals surface area contributed by atoms with Gasteiger partial charge in [0.15, 0.2) is 9.84 Å². The number of nitrogens with one attached hydrogen (secondary N) is 1. The maximum atomic E-state index is 12.5. The van der Waals surface area contributed by atoms with Gasteiger partial charge in [0, 0.05) is 18.0 Å². The van der Waals surface area contributed by atoms with Crippen LogP contribution in [0, 0.1) is 0 Å². The Labute approximate surface area is 169 Å². The minimum atomic E-state index is -3.75. The molecule has 1 aromatic carbocycles. The van der Waals surface area contributed by atoms with E-state index in [1.807, 2.05) is 0 Å². The van der Waals surface area contributed by atoms with Crippen LogP contribution >= 0.6 is 23.7 Å². The number of nitrogens with two attached hydrogens (primary N) is 1. The fraction of sp³-hybridized carbons (Fsp3) is 0.286. The van der Waals surface area contributed by atoms with Gasteiger partial charge in [-0.2, -0.15) is 0 Å². The smallest absolute Gasteiger partial charge is 0.215 e. The highest BCUT2D eigenvalue weighted by Crippen LogP contribution is 2.28. The molecule has 2 rings (SSSR count). The maximum Gasteiger partial charge on any atom is 0.215 e. The topological polar surface area (TPSA) is 140 Å². The van der Waals surface area contributed by atoms with Crippen molar-refractivity contribution in [1.29, 1.82) is 0 Å². The summed E-state index contributed by atoms with van der Waals surface area (Å²) in [6.07, 6.45) is 0.930. The van der Waals surface area contributed by atoms with E-state index in [1.54, 1.807) is 6.07 Å². The van der Waals surface area contributed by atoms with Gasteiger partial charge in [0.05, 0.1) is 21.8 Å². The van der Waals surface area contributed by atoms with Crippen LogP contribution in [0.1, 0.15) is 4.88 Å². The molecule has 0 atom stereocenters. The van der Waals surface area contributed by atoms with E-state index in [0.29, 0.717) is 0 Å². The summed E-state index contributed by atoms with van der Waals surface area (Å²) in [5.74, 6) is -0.434. The summed E-state index contributed by atoms with van der Waals surface area (Å²) in [5.41, 5.74) is 5.49. The van der Waals surface area contributed by atoms with Crippen LogP contribution in [-0.2, 0) is 36.2 Å². The zero-order valence-corrected chi connectivity index (χ0v) is 18.2. The largest absolute Gasteiger partial charge is 0.326 e. The Morgan fingerprint density at radius 1 is 0.926 bits per heavy atom. The first-order chi connectivity index (χ1) is 12.0. The third kappa shape index (κ3) is 6.24. The first-order valence-electron chi connectivity index (χ1n) is 7.27. The predicted octanol–water partition coefficient (Wildman–Crippen LogP) is 0.784. The Morgan fingerprint density at radius 2 is 1.48 bits per heavy atom. The molecular weight excluding hydrogens is 456 g/mol. The van der Waals surface area contributed by atoms with Crippen molar-refractivity contribution < 1.29 is 25.3 Å². The lowest BCUT2D eigenvalue weighted by atomic mass is 10.4. The van der Waals surface area contributed by atoms with Crippen LogP contribution in [0.2, 0.25) is 0 Å². The van der Waals surface area contributed by atoms with E-state index < -0.39 is 35.5 Å². The molecule has 0 aliphatic rings. The molecule has 0 unspecified atom stereocenters. The van der Waals surface area contributed by atoms with Crippen molar-refractivity contribution in [1.82, 2.24) is 4.72 Å². The lowest BCUT2D eigenvalue weighted by molar-refractivity contribution is 0.584. The van der Waals surface area contributed by atoms with Gasteiger partial charge in [0.25, 0.3) is 0 Å². The quantitative estimate of drug-likeness (QED) is 0.576. The van der Waals surface area contributed by atoms with Crippen LogP contribution in [0.4, 0.5) is 0 Å². The highest BCUT2D eigenvalue weighted by molar-refractivity contribution is 7.93. The minimum absolute atomic E-state index is 0. The van der Waals surface area contributed by atoms with Gasteiger partial charge < -0.3 is 5.73 Å². The average Bonchev–Trinajstić information content (AvgIpc) is 3.03. The van der Waals surface area contributed by atoms with E-state index in [-0.39, 0.29) is 39.5 Å². The second kappa shape index (κ2) is 8.99. The van der Waals surface area contributed by atoms with Gasteiger partial charge in [-0.05, 0) is 36.4 Å². The Morgan fingerprint density at radius 3 is 1.96 bits per heavy atom. The van der Waals surface area contributed by atoms with Gasteiger partial charge in [-0.3, -0.25) is 0 Å². The fourth-order valence-corrected chi connectivity index (χ4v) is 6.43. The van der Waals surface area contributed by atoms with Crippen molar-refractivity contribution in [3.05, 3.63) is 41.3 Å². The van der Waals surface area contributed by atoms with Crippen molar-refractivity contribution in [3.63, 3.8) is 0 Å². The van der Waals surface area contributed by atoms with Crippen molar-refractivity contribution in [2.75, 3.05) is 18.6 Å². The highest BCUT2D eigenvalue weighted by Gasteiger charge is 2.21. The van der Waals surface area contributed by atoms with Crippen molar-refractivity contribution in [2.24, 2.45) is 5.73 Å². The number of benzene rings is 1. The first-order valence-corrected chi connectivity index (χ1v) is 13.1. The predicted molar refractivity (Wildman–Crippen MR) is 106 cm³/mol. The molecule has 8 nitrogen and oxygen atoms in total. The van der Waals surface area contributed by atoms with E-state index in [2.05, 4.69) is 4.72 Å². The van der Waals surface area contributed by atoms with E-state index >= 15 is 0 Å². The molecule has 0 fully saturated rings. The number of hydrogen-bond donors (Lipinski definition) is 2. The van der Waals surface area contributed by atoms with E-state index in [0.717, 1.165) is 22.5 Å². The molecule has 1 aromatic heterocycles. The van der Waals surface area contributed by atoms with E-state index in [1.165, 1.54) is 30.3 Å². The van der Waals surface area contributed by atoms with Crippen LogP contribution in [-0.4, -0.2) is 43.8 Å². The van der Waals surface area contributed by atoms with Crippen LogP contribution in [0.15, 0.2) is 50.4 Å². The monoisotopic (exact) mass is 474 g/mol. The number of sulfone groups is 2. The summed E-state index contributed by atoms with van der Waals surface area (Å²) < 4.78 is 73.7. The number of thiophene rings is 1. The molecule has 152 valence electrons. The van der Waals surface area contributed by atoms with Crippen LogP contribution < -0.4 is 10.5 Å². The third-order valence-electron chi connectivity index (χ3n) is 3.33. The lowest BCUT2D eigenvalue weighted by Crippen LogP contribution is -2.28. The van der Waals surface area contributed by atoms with Gasteiger partial charge in [-0.1, -0.05) is 0 Å². The van der Waals surface area contributed by atoms with Crippen molar-refractivity contribution >= 4 is 53.4 Å². The summed E-state index contributed by atoms with van der Waals surface area (Å²) in [6.45, 7) is -0.0306. The molecule has 0 saturated heterocycles. The molecule has 13 heteroatoms. The minimum Gasteiger partial charge on any atom is -0.326 e. The van der Waals surface area contributed by atoms with Crippen molar-refractivity contribution in [2.45, 2.75) is 20.5 Å². The van der Waals surface area contributed by atoms with E-state index in [4.69, 9.17) is 5.73 Å². The molecule has 2 aromatic rings. The lowest BCUT2D eigenvalue weighted by Gasteiger charge is -2.07. The Kier molecular flexibility index (Phi) is 7.99. The molecule has 1 heterocycles. The number of halogens is 1.